The fourth-order valence-corrected chi connectivity index (χ4v) is 0. The number of rotatable bonds is 0. The Morgan fingerprint density at radius 2 is 1.29 bits per heavy atom. The van der Waals surface area contributed by atoms with Crippen LogP contribution in [0.1, 0.15) is 0 Å². The molecule has 0 rings (SSSR count). The topological polar surface area (TPSA) is 107 Å². The molecule has 0 aromatic rings. The molecule has 0 unspecified atom stereocenters. The van der Waals surface area contributed by atoms with Gasteiger partial charge in [0.25, 0.3) is 0 Å². The van der Waals surface area contributed by atoms with Gasteiger partial charge in [-0.05, 0) is 0 Å². The van der Waals surface area contributed by atoms with Crippen LogP contribution in [0.25, 0.3) is 0 Å². The molecule has 0 aromatic carbocycles. The molecule has 38 valence electrons. The average Bonchev–Trinajstić information content (AvgIpc) is 1.41. The van der Waals surface area contributed by atoms with Crippen LogP contribution in [-0.2, 0) is 0 Å². The number of hydrogen-bond donors (Lipinski definition) is 2. The van der Waals surface area contributed by atoms with Crippen molar-refractivity contribution in [3.8, 4) is 0 Å². The van der Waals surface area contributed by atoms with Crippen LogP contribution in [-0.4, -0.2) is 15.6 Å². The minimum Gasteiger partial charge on any atom is -0.356 e. The molecule has 7 heavy (non-hydrogen) atoms. The summed E-state index contributed by atoms with van der Waals surface area (Å²) in [6.45, 7) is 0. The number of hydrogen-bond acceptors (Lipinski definition) is 5. The predicted octanol–water partition coefficient (Wildman–Crippen LogP) is -3.22. The summed E-state index contributed by atoms with van der Waals surface area (Å²) in [4.78, 5) is 8.25. The van der Waals surface area contributed by atoms with Crippen molar-refractivity contribution in [1.82, 2.24) is 0 Å². The van der Waals surface area contributed by atoms with Gasteiger partial charge in [-0.1, -0.05) is 0 Å². The SMILES string of the molecule is O=[N+]([O-])[O-].OO.[K+]. The summed E-state index contributed by atoms with van der Waals surface area (Å²) in [5.41, 5.74) is 0. The Morgan fingerprint density at radius 3 is 1.29 bits per heavy atom. The van der Waals surface area contributed by atoms with Crippen LogP contribution in [0.3, 0.4) is 0 Å². The van der Waals surface area contributed by atoms with Crippen LogP contribution in [0.4, 0.5) is 0 Å². The van der Waals surface area contributed by atoms with E-state index in [0.29, 0.717) is 0 Å². The molecular weight excluding hydrogens is 133 g/mol. The van der Waals surface area contributed by atoms with E-state index in [-0.39, 0.29) is 51.4 Å². The maximum atomic E-state index is 8.25. The summed E-state index contributed by atoms with van der Waals surface area (Å²) < 4.78 is 0. The van der Waals surface area contributed by atoms with Crippen molar-refractivity contribution in [3.05, 3.63) is 15.3 Å². The molecule has 0 radical (unpaired) electrons. The molecule has 0 bridgehead atoms. The first kappa shape index (κ1) is 15.7. The van der Waals surface area contributed by atoms with E-state index in [1.165, 1.54) is 0 Å². The Labute approximate surface area is 81.2 Å². The van der Waals surface area contributed by atoms with Gasteiger partial charge in [-0.3, -0.25) is 10.5 Å². The zero-order valence-electron chi connectivity index (χ0n) is 3.57. The molecule has 7 heteroatoms. The number of nitrogens with zero attached hydrogens (tertiary/aromatic N) is 1. The van der Waals surface area contributed by atoms with Crippen LogP contribution < -0.4 is 51.4 Å². The summed E-state index contributed by atoms with van der Waals surface area (Å²) >= 11 is 0. The maximum absolute atomic E-state index is 8.25. The van der Waals surface area contributed by atoms with Crippen molar-refractivity contribution >= 4 is 0 Å². The molecule has 0 aromatic heterocycles. The summed E-state index contributed by atoms with van der Waals surface area (Å²) in [6, 6.07) is 0. The van der Waals surface area contributed by atoms with E-state index in [2.05, 4.69) is 0 Å². The van der Waals surface area contributed by atoms with E-state index in [4.69, 9.17) is 25.8 Å². The van der Waals surface area contributed by atoms with Crippen molar-refractivity contribution in [1.29, 1.82) is 0 Å². The van der Waals surface area contributed by atoms with Crippen molar-refractivity contribution in [2.24, 2.45) is 0 Å². The third-order valence-corrected chi connectivity index (χ3v) is 0. The van der Waals surface area contributed by atoms with E-state index in [1.807, 2.05) is 0 Å². The normalized spacial score (nSPS) is 4.29. The van der Waals surface area contributed by atoms with E-state index in [0.717, 1.165) is 0 Å². The fourth-order valence-electron chi connectivity index (χ4n) is 0. The van der Waals surface area contributed by atoms with E-state index in [9.17, 15) is 0 Å². The molecule has 0 aliphatic heterocycles. The van der Waals surface area contributed by atoms with Crippen LogP contribution in [0, 0.1) is 15.3 Å². The van der Waals surface area contributed by atoms with E-state index in [1.54, 1.807) is 0 Å². The van der Waals surface area contributed by atoms with Crippen molar-refractivity contribution in [2.75, 3.05) is 0 Å². The monoisotopic (exact) mass is 135 g/mol. The van der Waals surface area contributed by atoms with Crippen molar-refractivity contribution < 1.29 is 67.0 Å². The molecule has 0 atom stereocenters. The molecule has 2 N–H and O–H groups in total. The zero-order valence-corrected chi connectivity index (χ0v) is 6.69. The first-order chi connectivity index (χ1) is 2.73. The Balaban J connectivity index is -0.0000000480. The Hall–Kier alpha value is 0.756. The molecule has 6 nitrogen and oxygen atoms in total. The average molecular weight is 135 g/mol. The second-order valence-corrected chi connectivity index (χ2v) is 0.224. The minimum absolute atomic E-state index is 0. The molecule has 0 saturated carbocycles. The quantitative estimate of drug-likeness (QED) is 0.157. The Kier molecular flexibility index (Phi) is 35.5. The molecule has 0 saturated heterocycles. The van der Waals surface area contributed by atoms with Crippen LogP contribution in [0.5, 0.6) is 0 Å². The van der Waals surface area contributed by atoms with Crippen LogP contribution in [0.15, 0.2) is 0 Å². The molecule has 0 aliphatic rings. The smallest absolute Gasteiger partial charge is 0.356 e. The largest absolute Gasteiger partial charge is 1.00 e. The Bertz CT molecular complexity index is 31.1. The van der Waals surface area contributed by atoms with Gasteiger partial charge in [0.1, 0.15) is 0 Å². The molecular formula is H2KNO5. The van der Waals surface area contributed by atoms with Crippen molar-refractivity contribution in [3.63, 3.8) is 0 Å². The summed E-state index contributed by atoms with van der Waals surface area (Å²) in [5.74, 6) is 0. The fraction of sp³-hybridized carbons (Fsp3) is 0. The standard InChI is InChI=1S/K.NO3.H2O2/c;2-1(3)4;1-2/h;;1-2H/q+1;-1;. The van der Waals surface area contributed by atoms with Gasteiger partial charge in [0.05, 0.1) is 5.09 Å². The minimum atomic E-state index is -1.75. The molecule has 0 heterocycles. The van der Waals surface area contributed by atoms with Crippen LogP contribution in [0.2, 0.25) is 0 Å². The van der Waals surface area contributed by atoms with Gasteiger partial charge in [0, 0.05) is 0 Å². The molecule has 0 amide bonds. The summed E-state index contributed by atoms with van der Waals surface area (Å²) in [5, 5.41) is 26.8. The Morgan fingerprint density at radius 1 is 1.29 bits per heavy atom. The third kappa shape index (κ3) is 267. The zero-order chi connectivity index (χ0) is 5.58. The van der Waals surface area contributed by atoms with Crippen LogP contribution >= 0.6 is 0 Å². The first-order valence-corrected chi connectivity index (χ1v) is 0.748. The van der Waals surface area contributed by atoms with Gasteiger partial charge in [-0.2, -0.15) is 0 Å². The van der Waals surface area contributed by atoms with Gasteiger partial charge in [-0.15, -0.1) is 0 Å². The summed E-state index contributed by atoms with van der Waals surface area (Å²) in [7, 11) is 0. The van der Waals surface area contributed by atoms with Gasteiger partial charge in [0.2, 0.25) is 0 Å². The second kappa shape index (κ2) is 15.9. The van der Waals surface area contributed by atoms with Crippen molar-refractivity contribution in [2.45, 2.75) is 0 Å². The summed E-state index contributed by atoms with van der Waals surface area (Å²) in [6.07, 6.45) is 0. The third-order valence-electron chi connectivity index (χ3n) is 0. The predicted molar refractivity (Wildman–Crippen MR) is 15.6 cm³/mol. The van der Waals surface area contributed by atoms with E-state index < -0.39 is 5.09 Å². The maximum Gasteiger partial charge on any atom is 1.00 e. The van der Waals surface area contributed by atoms with Gasteiger partial charge in [0.15, 0.2) is 0 Å². The second-order valence-electron chi connectivity index (χ2n) is 0.224. The van der Waals surface area contributed by atoms with Gasteiger partial charge < -0.3 is 15.3 Å². The molecule has 0 aliphatic carbocycles. The molecule has 0 spiro atoms. The first-order valence-electron chi connectivity index (χ1n) is 0.748. The molecule has 0 fully saturated rings. The van der Waals surface area contributed by atoms with E-state index >= 15 is 0 Å². The van der Waals surface area contributed by atoms with Gasteiger partial charge >= 0.3 is 51.4 Å². The van der Waals surface area contributed by atoms with Gasteiger partial charge in [-0.25, -0.2) is 0 Å².